The molecule has 0 saturated heterocycles. The third-order valence-electron chi connectivity index (χ3n) is 3.74. The Morgan fingerprint density at radius 3 is 2.00 bits per heavy atom. The molecule has 1 saturated carbocycles. The standard InChI is InChI=1S/C8H15O5P.C6H15N/c9-6-8(7-2-1-3-7)4-5-13-14(10,11)12;1-4-7(5-2)6-3/h4,7,9H,1-3,5-6H2,(H2,10,11,12);4-6H2,1-3H3/b8-4-;. The van der Waals surface area contributed by atoms with Gasteiger partial charge in [-0.3, -0.25) is 4.52 Å². The van der Waals surface area contributed by atoms with E-state index in [1.54, 1.807) is 6.08 Å². The van der Waals surface area contributed by atoms with E-state index in [0.717, 1.165) is 24.8 Å². The Kier molecular flexibility index (Phi) is 11.2. The molecule has 1 aliphatic rings. The van der Waals surface area contributed by atoms with Gasteiger partial charge in [0.05, 0.1) is 13.2 Å². The summed E-state index contributed by atoms with van der Waals surface area (Å²) in [5.41, 5.74) is 0.824. The van der Waals surface area contributed by atoms with E-state index in [-0.39, 0.29) is 13.2 Å². The van der Waals surface area contributed by atoms with Gasteiger partial charge >= 0.3 is 7.82 Å². The van der Waals surface area contributed by atoms with Gasteiger partial charge in [-0.2, -0.15) is 0 Å². The molecule has 0 aromatic carbocycles. The minimum absolute atomic E-state index is 0.0603. The van der Waals surface area contributed by atoms with Gasteiger partial charge in [-0.25, -0.2) is 4.57 Å². The molecule has 0 heterocycles. The van der Waals surface area contributed by atoms with Crippen LogP contribution in [0.4, 0.5) is 0 Å². The van der Waals surface area contributed by atoms with Crippen LogP contribution >= 0.6 is 7.82 Å². The van der Waals surface area contributed by atoms with Crippen LogP contribution in [0.25, 0.3) is 0 Å². The van der Waals surface area contributed by atoms with Crippen LogP contribution in [0.15, 0.2) is 11.6 Å². The first kappa shape index (κ1) is 20.8. The summed E-state index contributed by atoms with van der Waals surface area (Å²) in [6.07, 6.45) is 4.80. The molecule has 0 aromatic heterocycles. The summed E-state index contributed by atoms with van der Waals surface area (Å²) in [6, 6.07) is 0. The largest absolute Gasteiger partial charge is 0.469 e. The molecule has 7 heteroatoms. The smallest absolute Gasteiger partial charge is 0.392 e. The maximum absolute atomic E-state index is 10.3. The van der Waals surface area contributed by atoms with E-state index in [2.05, 4.69) is 30.2 Å². The first-order chi connectivity index (χ1) is 9.87. The van der Waals surface area contributed by atoms with Crippen molar-refractivity contribution in [3.05, 3.63) is 11.6 Å². The van der Waals surface area contributed by atoms with E-state index < -0.39 is 7.82 Å². The molecule has 1 fully saturated rings. The Labute approximate surface area is 128 Å². The van der Waals surface area contributed by atoms with Crippen LogP contribution in [0.2, 0.25) is 0 Å². The van der Waals surface area contributed by atoms with Gasteiger partial charge in [0.1, 0.15) is 0 Å². The van der Waals surface area contributed by atoms with Gasteiger partial charge in [-0.1, -0.05) is 33.3 Å². The number of rotatable bonds is 8. The second kappa shape index (κ2) is 11.4. The number of phosphoric acid groups is 1. The third-order valence-corrected chi connectivity index (χ3v) is 4.23. The predicted molar refractivity (Wildman–Crippen MR) is 84.0 cm³/mol. The highest BCUT2D eigenvalue weighted by Crippen LogP contribution is 2.36. The first-order valence-corrected chi connectivity index (χ1v) is 9.13. The number of hydrogen-bond donors (Lipinski definition) is 3. The fourth-order valence-electron chi connectivity index (χ4n) is 2.05. The lowest BCUT2D eigenvalue weighted by atomic mass is 9.80. The average molecular weight is 323 g/mol. The Hall–Kier alpha value is -0.230. The lowest BCUT2D eigenvalue weighted by Crippen LogP contribution is -2.21. The number of hydrogen-bond acceptors (Lipinski definition) is 4. The predicted octanol–water partition coefficient (Wildman–Crippen LogP) is 2.16. The van der Waals surface area contributed by atoms with Crippen molar-refractivity contribution in [1.29, 1.82) is 0 Å². The highest BCUT2D eigenvalue weighted by Gasteiger charge is 2.21. The molecular weight excluding hydrogens is 293 g/mol. The second-order valence-corrected chi connectivity index (χ2v) is 6.21. The van der Waals surface area contributed by atoms with Crippen molar-refractivity contribution in [2.75, 3.05) is 32.8 Å². The number of nitrogens with zero attached hydrogens (tertiary/aromatic N) is 1. The maximum Gasteiger partial charge on any atom is 0.469 e. The van der Waals surface area contributed by atoms with Crippen molar-refractivity contribution in [3.8, 4) is 0 Å². The molecule has 0 aromatic rings. The van der Waals surface area contributed by atoms with E-state index in [1.165, 1.54) is 19.6 Å². The lowest BCUT2D eigenvalue weighted by Gasteiger charge is -2.27. The summed E-state index contributed by atoms with van der Waals surface area (Å²) in [5.74, 6) is 0.375. The highest BCUT2D eigenvalue weighted by molar-refractivity contribution is 7.46. The summed E-state index contributed by atoms with van der Waals surface area (Å²) >= 11 is 0. The number of phosphoric ester groups is 1. The van der Waals surface area contributed by atoms with Crippen molar-refractivity contribution in [1.82, 2.24) is 4.90 Å². The molecule has 3 N–H and O–H groups in total. The van der Waals surface area contributed by atoms with Crippen LogP contribution in [0.1, 0.15) is 40.0 Å². The van der Waals surface area contributed by atoms with Crippen molar-refractivity contribution in [2.24, 2.45) is 5.92 Å². The molecule has 0 aliphatic heterocycles. The van der Waals surface area contributed by atoms with E-state index in [9.17, 15) is 4.57 Å². The van der Waals surface area contributed by atoms with Gasteiger partial charge in [-0.05, 0) is 44.0 Å². The van der Waals surface area contributed by atoms with Crippen molar-refractivity contribution in [3.63, 3.8) is 0 Å². The third kappa shape index (κ3) is 10.2. The second-order valence-electron chi connectivity index (χ2n) is 4.97. The molecule has 1 aliphatic carbocycles. The minimum atomic E-state index is -4.38. The molecule has 0 radical (unpaired) electrons. The molecular formula is C14H30NO5P. The maximum atomic E-state index is 10.3. The van der Waals surface area contributed by atoms with Gasteiger partial charge in [0.15, 0.2) is 0 Å². The Bertz CT molecular complexity index is 329. The molecule has 1 rings (SSSR count). The Morgan fingerprint density at radius 2 is 1.76 bits per heavy atom. The molecule has 6 nitrogen and oxygen atoms in total. The molecule has 0 spiro atoms. The summed E-state index contributed by atoms with van der Waals surface area (Å²) in [5, 5.41) is 8.97. The SMILES string of the molecule is CCN(CC)CC.O=P(O)(O)OC/C=C(/CO)C1CCC1. The number of aliphatic hydroxyl groups excluding tert-OH is 1. The summed E-state index contributed by atoms with van der Waals surface area (Å²) < 4.78 is 14.6. The molecule has 0 bridgehead atoms. The van der Waals surface area contributed by atoms with Crippen LogP contribution in [-0.4, -0.2) is 52.6 Å². The van der Waals surface area contributed by atoms with Gasteiger partial charge in [0.2, 0.25) is 0 Å². The van der Waals surface area contributed by atoms with E-state index in [4.69, 9.17) is 14.9 Å². The molecule has 0 unspecified atom stereocenters. The van der Waals surface area contributed by atoms with Crippen molar-refractivity contribution < 1.29 is 24.0 Å². The van der Waals surface area contributed by atoms with Crippen LogP contribution < -0.4 is 0 Å². The summed E-state index contributed by atoms with van der Waals surface area (Å²) in [7, 11) is -4.38. The van der Waals surface area contributed by atoms with E-state index >= 15 is 0 Å². The lowest BCUT2D eigenvalue weighted by molar-refractivity contribution is 0.212. The highest BCUT2D eigenvalue weighted by atomic mass is 31.2. The zero-order chi connectivity index (χ0) is 16.3. The van der Waals surface area contributed by atoms with Crippen LogP contribution in [0.5, 0.6) is 0 Å². The molecule has 0 amide bonds. The average Bonchev–Trinajstić information content (AvgIpc) is 2.37. The Morgan fingerprint density at radius 1 is 1.24 bits per heavy atom. The van der Waals surface area contributed by atoms with Gasteiger partial charge in [0, 0.05) is 0 Å². The van der Waals surface area contributed by atoms with Gasteiger partial charge in [0.25, 0.3) is 0 Å². The molecule has 126 valence electrons. The molecule has 21 heavy (non-hydrogen) atoms. The zero-order valence-electron chi connectivity index (χ0n) is 13.4. The van der Waals surface area contributed by atoms with Gasteiger partial charge < -0.3 is 19.8 Å². The van der Waals surface area contributed by atoms with E-state index in [1.807, 2.05) is 0 Å². The van der Waals surface area contributed by atoms with Crippen LogP contribution in [-0.2, 0) is 9.09 Å². The molecule has 0 atom stereocenters. The zero-order valence-corrected chi connectivity index (χ0v) is 14.3. The normalized spacial score (nSPS) is 16.4. The number of aliphatic hydroxyl groups is 1. The van der Waals surface area contributed by atoms with E-state index in [0.29, 0.717) is 5.92 Å². The van der Waals surface area contributed by atoms with Crippen LogP contribution in [0.3, 0.4) is 0 Å². The van der Waals surface area contributed by atoms with Crippen molar-refractivity contribution >= 4 is 7.82 Å². The van der Waals surface area contributed by atoms with Gasteiger partial charge in [-0.15, -0.1) is 0 Å². The summed E-state index contributed by atoms with van der Waals surface area (Å²) in [4.78, 5) is 19.2. The fourth-order valence-corrected chi connectivity index (χ4v) is 2.32. The quantitative estimate of drug-likeness (QED) is 0.468. The Balaban J connectivity index is 0.000000486. The topological polar surface area (TPSA) is 90.2 Å². The van der Waals surface area contributed by atoms with Crippen LogP contribution in [0, 0.1) is 5.92 Å². The summed E-state index contributed by atoms with van der Waals surface area (Å²) in [6.45, 7) is 9.92. The minimum Gasteiger partial charge on any atom is -0.392 e. The monoisotopic (exact) mass is 323 g/mol. The van der Waals surface area contributed by atoms with Crippen molar-refractivity contribution in [2.45, 2.75) is 40.0 Å². The fraction of sp³-hybridized carbons (Fsp3) is 0.857. The first-order valence-electron chi connectivity index (χ1n) is 7.60.